The molecule has 0 fully saturated rings. The van der Waals surface area contributed by atoms with Crippen LogP contribution in [-0.4, -0.2) is 37.8 Å². The fourth-order valence-electron chi connectivity index (χ4n) is 2.46. The van der Waals surface area contributed by atoms with Crippen molar-refractivity contribution in [2.24, 2.45) is 0 Å². The van der Waals surface area contributed by atoms with Crippen molar-refractivity contribution < 1.29 is 14.3 Å². The number of carbonyl (C=O) groups excluding carboxylic acids is 1. The molecule has 0 N–H and O–H groups in total. The predicted molar refractivity (Wildman–Crippen MR) is 103 cm³/mol. The summed E-state index contributed by atoms with van der Waals surface area (Å²) >= 11 is 1.79. The van der Waals surface area contributed by atoms with Crippen LogP contribution < -0.4 is 9.47 Å². The van der Waals surface area contributed by atoms with E-state index in [-0.39, 0.29) is 5.91 Å². The number of amides is 1. The maximum atomic E-state index is 12.3. The van der Waals surface area contributed by atoms with Gasteiger partial charge in [0.15, 0.2) is 11.5 Å². The zero-order valence-corrected chi connectivity index (χ0v) is 15.8. The second-order valence-corrected chi connectivity index (χ2v) is 6.83. The zero-order valence-electron chi connectivity index (χ0n) is 15.0. The molecule has 0 spiro atoms. The fraction of sp³-hybridized carbons (Fsp3) is 0.350. The Morgan fingerprint density at radius 1 is 1.00 bits per heavy atom. The van der Waals surface area contributed by atoms with Gasteiger partial charge >= 0.3 is 0 Å². The summed E-state index contributed by atoms with van der Waals surface area (Å²) in [6.07, 6.45) is 0.543. The van der Waals surface area contributed by atoms with Gasteiger partial charge in [-0.1, -0.05) is 36.4 Å². The summed E-state index contributed by atoms with van der Waals surface area (Å²) in [7, 11) is 5.06. The van der Waals surface area contributed by atoms with E-state index in [0.717, 1.165) is 17.1 Å². The number of hydrogen-bond donors (Lipinski definition) is 0. The van der Waals surface area contributed by atoms with Gasteiger partial charge in [0, 0.05) is 31.5 Å². The van der Waals surface area contributed by atoms with Gasteiger partial charge in [0.1, 0.15) is 0 Å². The first kappa shape index (κ1) is 19.2. The number of nitrogens with zero attached hydrogens (tertiary/aromatic N) is 1. The lowest BCUT2D eigenvalue weighted by Gasteiger charge is -2.18. The van der Waals surface area contributed by atoms with Crippen molar-refractivity contribution in [1.29, 1.82) is 0 Å². The van der Waals surface area contributed by atoms with Gasteiger partial charge in [-0.15, -0.1) is 0 Å². The van der Waals surface area contributed by atoms with E-state index in [4.69, 9.17) is 9.47 Å². The minimum Gasteiger partial charge on any atom is -0.493 e. The first-order valence-corrected chi connectivity index (χ1v) is 9.36. The summed E-state index contributed by atoms with van der Waals surface area (Å²) in [5.41, 5.74) is 2.31. The molecule has 0 bridgehead atoms. The van der Waals surface area contributed by atoms with Gasteiger partial charge in [0.2, 0.25) is 5.91 Å². The third kappa shape index (κ3) is 6.02. The monoisotopic (exact) mass is 359 g/mol. The molecule has 0 aliphatic rings. The van der Waals surface area contributed by atoms with E-state index in [0.29, 0.717) is 24.5 Å². The van der Waals surface area contributed by atoms with Crippen LogP contribution in [0.3, 0.4) is 0 Å². The van der Waals surface area contributed by atoms with E-state index in [1.807, 2.05) is 43.4 Å². The first-order valence-electron chi connectivity index (χ1n) is 8.20. The predicted octanol–water partition coefficient (Wildman–Crippen LogP) is 3.99. The average Bonchev–Trinajstić information content (AvgIpc) is 2.65. The molecule has 0 unspecified atom stereocenters. The molecule has 0 saturated carbocycles. The van der Waals surface area contributed by atoms with Gasteiger partial charge in [-0.25, -0.2) is 0 Å². The second kappa shape index (κ2) is 9.99. The Balaban J connectivity index is 1.78. The molecule has 2 aromatic carbocycles. The smallest absolute Gasteiger partial charge is 0.223 e. The number of ether oxygens (including phenoxy) is 2. The fourth-order valence-corrected chi connectivity index (χ4v) is 3.35. The quantitative estimate of drug-likeness (QED) is 0.635. The van der Waals surface area contributed by atoms with E-state index in [2.05, 4.69) is 12.1 Å². The number of benzene rings is 2. The Bertz CT molecular complexity index is 676. The minimum atomic E-state index is 0.148. The molecule has 134 valence electrons. The number of methoxy groups -OCH3 is 2. The Morgan fingerprint density at radius 3 is 2.40 bits per heavy atom. The summed E-state index contributed by atoms with van der Waals surface area (Å²) in [6.45, 7) is 0.558. The molecule has 4 nitrogen and oxygen atoms in total. The van der Waals surface area contributed by atoms with Crippen LogP contribution in [0.2, 0.25) is 0 Å². The molecule has 0 atom stereocenters. The molecule has 0 saturated heterocycles. The normalized spacial score (nSPS) is 10.4. The Labute approximate surface area is 154 Å². The third-order valence-corrected chi connectivity index (χ3v) is 4.90. The molecular weight excluding hydrogens is 334 g/mol. The van der Waals surface area contributed by atoms with Crippen LogP contribution in [0.15, 0.2) is 48.5 Å². The summed E-state index contributed by atoms with van der Waals surface area (Å²) in [5.74, 6) is 3.28. The van der Waals surface area contributed by atoms with Crippen molar-refractivity contribution in [1.82, 2.24) is 4.90 Å². The van der Waals surface area contributed by atoms with Crippen molar-refractivity contribution in [3.63, 3.8) is 0 Å². The molecule has 2 rings (SSSR count). The average molecular weight is 359 g/mol. The Hall–Kier alpha value is -2.14. The van der Waals surface area contributed by atoms with Crippen LogP contribution in [-0.2, 0) is 17.1 Å². The number of carbonyl (C=O) groups is 1. The van der Waals surface area contributed by atoms with E-state index < -0.39 is 0 Å². The summed E-state index contributed by atoms with van der Waals surface area (Å²) in [4.78, 5) is 14.0. The number of hydrogen-bond acceptors (Lipinski definition) is 4. The van der Waals surface area contributed by atoms with Crippen molar-refractivity contribution >= 4 is 17.7 Å². The van der Waals surface area contributed by atoms with Crippen LogP contribution in [0.5, 0.6) is 11.5 Å². The minimum absolute atomic E-state index is 0.148. The molecule has 5 heteroatoms. The molecule has 2 aromatic rings. The van der Waals surface area contributed by atoms with Gasteiger partial charge in [-0.3, -0.25) is 4.79 Å². The van der Waals surface area contributed by atoms with Gasteiger partial charge < -0.3 is 14.4 Å². The van der Waals surface area contributed by atoms with Crippen LogP contribution in [0.1, 0.15) is 17.5 Å². The molecule has 25 heavy (non-hydrogen) atoms. The largest absolute Gasteiger partial charge is 0.493 e. The maximum absolute atomic E-state index is 12.3. The van der Waals surface area contributed by atoms with Gasteiger partial charge in [-0.05, 0) is 23.3 Å². The topological polar surface area (TPSA) is 38.8 Å². The third-order valence-electron chi connectivity index (χ3n) is 3.87. The molecular formula is C20H25NO3S. The summed E-state index contributed by atoms with van der Waals surface area (Å²) in [6, 6.07) is 16.0. The zero-order chi connectivity index (χ0) is 18.1. The van der Waals surface area contributed by atoms with Crippen LogP contribution >= 0.6 is 11.8 Å². The van der Waals surface area contributed by atoms with E-state index in [1.165, 1.54) is 5.56 Å². The molecule has 0 aliphatic carbocycles. The van der Waals surface area contributed by atoms with E-state index in [9.17, 15) is 4.79 Å². The van der Waals surface area contributed by atoms with Crippen molar-refractivity contribution in [3.8, 4) is 11.5 Å². The van der Waals surface area contributed by atoms with Crippen molar-refractivity contribution in [2.45, 2.75) is 18.7 Å². The highest BCUT2D eigenvalue weighted by atomic mass is 32.2. The van der Waals surface area contributed by atoms with Gasteiger partial charge in [0.25, 0.3) is 0 Å². The lowest BCUT2D eigenvalue weighted by Crippen LogP contribution is -2.26. The Morgan fingerprint density at radius 2 is 1.72 bits per heavy atom. The van der Waals surface area contributed by atoms with Crippen LogP contribution in [0.4, 0.5) is 0 Å². The van der Waals surface area contributed by atoms with Crippen LogP contribution in [0, 0.1) is 0 Å². The van der Waals surface area contributed by atoms with E-state index >= 15 is 0 Å². The van der Waals surface area contributed by atoms with Crippen molar-refractivity contribution in [3.05, 3.63) is 59.7 Å². The first-order chi connectivity index (χ1) is 12.1. The number of rotatable bonds is 9. The molecule has 1 amide bonds. The SMILES string of the molecule is COc1ccc(CN(C)C(=O)CCSCc2ccccc2)cc1OC. The Kier molecular flexibility index (Phi) is 7.67. The van der Waals surface area contributed by atoms with Gasteiger partial charge in [0.05, 0.1) is 14.2 Å². The van der Waals surface area contributed by atoms with Crippen molar-refractivity contribution in [2.75, 3.05) is 27.0 Å². The molecule has 0 radical (unpaired) electrons. The molecule has 0 aliphatic heterocycles. The lowest BCUT2D eigenvalue weighted by molar-refractivity contribution is -0.129. The second-order valence-electron chi connectivity index (χ2n) is 5.73. The molecule has 0 heterocycles. The summed E-state index contributed by atoms with van der Waals surface area (Å²) < 4.78 is 10.5. The van der Waals surface area contributed by atoms with Gasteiger partial charge in [-0.2, -0.15) is 11.8 Å². The number of thioether (sulfide) groups is 1. The standard InChI is InChI=1S/C20H25NO3S/c1-21(14-17-9-10-18(23-2)19(13-17)24-3)20(22)11-12-25-15-16-7-5-4-6-8-16/h4-10,13H,11-12,14-15H2,1-3H3. The highest BCUT2D eigenvalue weighted by Crippen LogP contribution is 2.28. The maximum Gasteiger partial charge on any atom is 0.223 e. The summed E-state index contributed by atoms with van der Waals surface area (Å²) in [5, 5.41) is 0. The molecule has 0 aromatic heterocycles. The highest BCUT2D eigenvalue weighted by molar-refractivity contribution is 7.98. The van der Waals surface area contributed by atoms with Crippen LogP contribution in [0.25, 0.3) is 0 Å². The lowest BCUT2D eigenvalue weighted by atomic mass is 10.2. The van der Waals surface area contributed by atoms with E-state index in [1.54, 1.807) is 30.9 Å². The highest BCUT2D eigenvalue weighted by Gasteiger charge is 2.11.